The van der Waals surface area contributed by atoms with Crippen molar-refractivity contribution in [3.05, 3.63) is 12.2 Å². The molecule has 0 aromatic carbocycles. The fourth-order valence-electron chi connectivity index (χ4n) is 2.41. The molecule has 0 aromatic rings. The van der Waals surface area contributed by atoms with E-state index >= 15 is 0 Å². The summed E-state index contributed by atoms with van der Waals surface area (Å²) in [5.74, 6) is -1.31. The van der Waals surface area contributed by atoms with E-state index in [4.69, 9.17) is 4.74 Å². The SMILES string of the molecule is C[C@@]12C(=O)OC(=O)[C@@H]1[C@H]1C=C[C@@H]2O1. The van der Waals surface area contributed by atoms with Crippen LogP contribution in [0.3, 0.4) is 0 Å². The summed E-state index contributed by atoms with van der Waals surface area (Å²) >= 11 is 0. The van der Waals surface area contributed by atoms with Crippen molar-refractivity contribution in [2.45, 2.75) is 19.1 Å². The van der Waals surface area contributed by atoms with Gasteiger partial charge in [-0.2, -0.15) is 0 Å². The zero-order valence-corrected chi connectivity index (χ0v) is 7.02. The fourth-order valence-corrected chi connectivity index (χ4v) is 2.41. The predicted molar refractivity (Wildman–Crippen MR) is 40.5 cm³/mol. The maximum absolute atomic E-state index is 11.4. The minimum Gasteiger partial charge on any atom is -0.392 e. The first-order valence-electron chi connectivity index (χ1n) is 4.24. The number of fused-ring (bicyclic) bond motifs is 5. The molecule has 2 saturated heterocycles. The highest BCUT2D eigenvalue weighted by atomic mass is 16.6. The molecule has 4 heteroatoms. The summed E-state index contributed by atoms with van der Waals surface area (Å²) in [5.41, 5.74) is -0.767. The lowest BCUT2D eigenvalue weighted by Crippen LogP contribution is -2.38. The first-order valence-corrected chi connectivity index (χ1v) is 4.24. The minimum absolute atomic E-state index is 0.256. The Hall–Kier alpha value is -1.16. The number of ether oxygens (including phenoxy) is 2. The molecule has 0 N–H and O–H groups in total. The highest BCUT2D eigenvalue weighted by Crippen LogP contribution is 2.52. The van der Waals surface area contributed by atoms with Gasteiger partial charge in [0.1, 0.15) is 11.3 Å². The van der Waals surface area contributed by atoms with Gasteiger partial charge in [0.15, 0.2) is 0 Å². The van der Waals surface area contributed by atoms with E-state index in [1.807, 2.05) is 12.2 Å². The lowest BCUT2D eigenvalue weighted by atomic mass is 9.72. The fraction of sp³-hybridized carbons (Fsp3) is 0.556. The van der Waals surface area contributed by atoms with Crippen molar-refractivity contribution in [3.8, 4) is 0 Å². The summed E-state index contributed by atoms with van der Waals surface area (Å²) in [6.07, 6.45) is 3.13. The molecule has 3 aliphatic rings. The van der Waals surface area contributed by atoms with Crippen molar-refractivity contribution in [2.75, 3.05) is 0 Å². The third-order valence-electron chi connectivity index (χ3n) is 3.23. The van der Waals surface area contributed by atoms with Gasteiger partial charge in [-0.25, -0.2) is 0 Å². The number of cyclic esters (lactones) is 2. The third kappa shape index (κ3) is 0.592. The van der Waals surface area contributed by atoms with Crippen LogP contribution in [0, 0.1) is 11.3 Å². The summed E-state index contributed by atoms with van der Waals surface area (Å²) in [7, 11) is 0. The average Bonchev–Trinajstić information content (AvgIpc) is 2.66. The summed E-state index contributed by atoms with van der Waals surface area (Å²) in [4.78, 5) is 22.7. The number of carbonyl (C=O) groups is 2. The number of esters is 2. The van der Waals surface area contributed by atoms with Gasteiger partial charge in [0.2, 0.25) is 0 Å². The predicted octanol–water partition coefficient (Wildman–Crippen LogP) is 0.0295. The minimum atomic E-state index is -0.767. The molecule has 68 valence electrons. The molecule has 2 fully saturated rings. The van der Waals surface area contributed by atoms with E-state index < -0.39 is 23.3 Å². The van der Waals surface area contributed by atoms with Gasteiger partial charge in [-0.1, -0.05) is 12.2 Å². The molecule has 0 unspecified atom stereocenters. The summed E-state index contributed by atoms with van der Waals surface area (Å²) in [6.45, 7) is 1.74. The van der Waals surface area contributed by atoms with Crippen LogP contribution in [-0.4, -0.2) is 24.1 Å². The van der Waals surface area contributed by atoms with Crippen LogP contribution in [0.4, 0.5) is 0 Å². The lowest BCUT2D eigenvalue weighted by Gasteiger charge is -2.22. The number of carbonyl (C=O) groups excluding carboxylic acids is 2. The van der Waals surface area contributed by atoms with Crippen molar-refractivity contribution >= 4 is 11.9 Å². The molecule has 3 heterocycles. The molecule has 0 spiro atoms. The number of rotatable bonds is 0. The van der Waals surface area contributed by atoms with E-state index in [1.165, 1.54) is 0 Å². The van der Waals surface area contributed by atoms with Gasteiger partial charge in [-0.15, -0.1) is 0 Å². The second-order valence-corrected chi connectivity index (χ2v) is 3.88. The smallest absolute Gasteiger partial charge is 0.323 e. The van der Waals surface area contributed by atoms with Crippen molar-refractivity contribution in [1.29, 1.82) is 0 Å². The Morgan fingerprint density at radius 3 is 2.85 bits per heavy atom. The van der Waals surface area contributed by atoms with Gasteiger partial charge >= 0.3 is 11.9 Å². The number of hydrogen-bond donors (Lipinski definition) is 0. The topological polar surface area (TPSA) is 52.6 Å². The van der Waals surface area contributed by atoms with Crippen LogP contribution in [0.5, 0.6) is 0 Å². The molecule has 0 radical (unpaired) electrons. The highest BCUT2D eigenvalue weighted by Gasteiger charge is 2.68. The standard InChI is InChI=1S/C9H8O4/c1-9-5-3-2-4(12-5)6(9)7(10)13-8(9)11/h2-6H,1H3/t4-,5+,6+,9+/m1/s1. The zero-order valence-electron chi connectivity index (χ0n) is 7.02. The first-order chi connectivity index (χ1) is 6.14. The van der Waals surface area contributed by atoms with Gasteiger partial charge in [0.25, 0.3) is 0 Å². The van der Waals surface area contributed by atoms with Crippen molar-refractivity contribution in [3.63, 3.8) is 0 Å². The molecule has 2 bridgehead atoms. The Morgan fingerprint density at radius 2 is 2.15 bits per heavy atom. The van der Waals surface area contributed by atoms with Crippen LogP contribution in [0.2, 0.25) is 0 Å². The second-order valence-electron chi connectivity index (χ2n) is 3.88. The van der Waals surface area contributed by atoms with Crippen LogP contribution in [-0.2, 0) is 19.1 Å². The van der Waals surface area contributed by atoms with Gasteiger partial charge < -0.3 is 9.47 Å². The zero-order chi connectivity index (χ0) is 9.22. The summed E-state index contributed by atoms with van der Waals surface area (Å²) < 4.78 is 10.1. The average molecular weight is 180 g/mol. The second kappa shape index (κ2) is 1.85. The maximum Gasteiger partial charge on any atom is 0.323 e. The largest absolute Gasteiger partial charge is 0.392 e. The molecule has 0 amide bonds. The van der Waals surface area contributed by atoms with Crippen molar-refractivity contribution in [2.24, 2.45) is 11.3 Å². The summed E-state index contributed by atoms with van der Waals surface area (Å²) in [6, 6.07) is 0. The lowest BCUT2D eigenvalue weighted by molar-refractivity contribution is -0.158. The van der Waals surface area contributed by atoms with Crippen LogP contribution in [0.15, 0.2) is 12.2 Å². The number of hydrogen-bond acceptors (Lipinski definition) is 4. The molecule has 4 nitrogen and oxygen atoms in total. The molecule has 0 aliphatic carbocycles. The highest BCUT2D eigenvalue weighted by molar-refractivity contribution is 6.01. The molecule has 0 aromatic heterocycles. The molecule has 0 saturated carbocycles. The Bertz CT molecular complexity index is 346. The van der Waals surface area contributed by atoms with E-state index in [1.54, 1.807) is 6.92 Å². The first kappa shape index (κ1) is 7.26. The Labute approximate surface area is 74.5 Å². The van der Waals surface area contributed by atoms with Crippen LogP contribution >= 0.6 is 0 Å². The van der Waals surface area contributed by atoms with Crippen molar-refractivity contribution < 1.29 is 19.1 Å². The van der Waals surface area contributed by atoms with E-state index in [0.717, 1.165) is 0 Å². The normalized spacial score (nSPS) is 51.3. The quantitative estimate of drug-likeness (QED) is 0.300. The Balaban J connectivity index is 2.17. The molecule has 13 heavy (non-hydrogen) atoms. The summed E-state index contributed by atoms with van der Waals surface area (Å²) in [5, 5.41) is 0. The van der Waals surface area contributed by atoms with E-state index in [-0.39, 0.29) is 12.2 Å². The van der Waals surface area contributed by atoms with Crippen LogP contribution in [0.25, 0.3) is 0 Å². The molecular weight excluding hydrogens is 172 g/mol. The van der Waals surface area contributed by atoms with Crippen molar-refractivity contribution in [1.82, 2.24) is 0 Å². The van der Waals surface area contributed by atoms with Crippen LogP contribution in [0.1, 0.15) is 6.92 Å². The van der Waals surface area contributed by atoms with E-state index in [2.05, 4.69) is 4.74 Å². The molecule has 3 aliphatic heterocycles. The monoisotopic (exact) mass is 180 g/mol. The van der Waals surface area contributed by atoms with E-state index in [9.17, 15) is 9.59 Å². The third-order valence-corrected chi connectivity index (χ3v) is 3.23. The molecular formula is C9H8O4. The Morgan fingerprint density at radius 1 is 1.38 bits per heavy atom. The van der Waals surface area contributed by atoms with Gasteiger partial charge in [-0.05, 0) is 6.92 Å². The van der Waals surface area contributed by atoms with E-state index in [0.29, 0.717) is 0 Å². The Kier molecular flexibility index (Phi) is 1.03. The molecule has 4 atom stereocenters. The van der Waals surface area contributed by atoms with Gasteiger partial charge in [-0.3, -0.25) is 9.59 Å². The molecule has 3 rings (SSSR count). The van der Waals surface area contributed by atoms with Gasteiger partial charge in [0, 0.05) is 0 Å². The maximum atomic E-state index is 11.4. The van der Waals surface area contributed by atoms with Gasteiger partial charge in [0.05, 0.1) is 12.2 Å². The van der Waals surface area contributed by atoms with Crippen LogP contribution < -0.4 is 0 Å².